The highest BCUT2D eigenvalue weighted by Gasteiger charge is 2.12. The van der Waals surface area contributed by atoms with Crippen LogP contribution in [0.25, 0.3) is 6.08 Å². The van der Waals surface area contributed by atoms with E-state index >= 15 is 0 Å². The number of nitro benzene ring substituents is 1. The van der Waals surface area contributed by atoms with Crippen molar-refractivity contribution in [1.82, 2.24) is 0 Å². The maximum absolute atomic E-state index is 10.6. The van der Waals surface area contributed by atoms with Gasteiger partial charge in [-0.3, -0.25) is 20.2 Å². The largest absolute Gasteiger partial charge is 0.278 e. The quantitative estimate of drug-likeness (QED) is 0.587. The molecule has 6 nitrogen and oxygen atoms in total. The number of nitro groups is 2. The zero-order valence-corrected chi connectivity index (χ0v) is 8.05. The van der Waals surface area contributed by atoms with Crippen LogP contribution in [0.5, 0.6) is 0 Å². The van der Waals surface area contributed by atoms with Crippen LogP contribution in [0.4, 0.5) is 5.69 Å². The van der Waals surface area contributed by atoms with Crippen molar-refractivity contribution in [1.29, 1.82) is 0 Å². The second-order valence-corrected chi connectivity index (χ2v) is 3.00. The summed E-state index contributed by atoms with van der Waals surface area (Å²) in [7, 11) is 0. The molecule has 78 valence electrons. The maximum Gasteiger partial charge on any atom is 0.278 e. The summed E-state index contributed by atoms with van der Waals surface area (Å²) in [5, 5.41) is 20.8. The lowest BCUT2D eigenvalue weighted by atomic mass is 10.2. The molecule has 1 rings (SSSR count). The summed E-state index contributed by atoms with van der Waals surface area (Å²) < 4.78 is 0. The zero-order chi connectivity index (χ0) is 11.4. The summed E-state index contributed by atoms with van der Waals surface area (Å²) in [6, 6.07) is 3.91. The first-order valence-corrected chi connectivity index (χ1v) is 4.14. The van der Waals surface area contributed by atoms with Gasteiger partial charge in [-0.25, -0.2) is 0 Å². The Hall–Kier alpha value is -1.95. The Balaban J connectivity index is 3.17. The van der Waals surface area contributed by atoms with E-state index in [1.54, 1.807) is 0 Å². The van der Waals surface area contributed by atoms with Gasteiger partial charge in [0.25, 0.3) is 5.69 Å². The monoisotopic (exact) mass is 228 g/mol. The number of halogens is 1. The van der Waals surface area contributed by atoms with Crippen LogP contribution in [0.3, 0.4) is 0 Å². The van der Waals surface area contributed by atoms with Crippen LogP contribution in [-0.2, 0) is 0 Å². The van der Waals surface area contributed by atoms with Gasteiger partial charge in [-0.15, -0.1) is 0 Å². The summed E-state index contributed by atoms with van der Waals surface area (Å²) in [5.41, 5.74) is -0.123. The Labute approximate surface area is 89.1 Å². The maximum atomic E-state index is 10.6. The fourth-order valence-corrected chi connectivity index (χ4v) is 1.12. The van der Waals surface area contributed by atoms with E-state index in [9.17, 15) is 20.2 Å². The van der Waals surface area contributed by atoms with Crippen LogP contribution in [0.2, 0.25) is 5.02 Å². The van der Waals surface area contributed by atoms with E-state index in [0.717, 1.165) is 12.1 Å². The number of hydrogen-bond donors (Lipinski definition) is 0. The molecule has 1 aromatic carbocycles. The van der Waals surface area contributed by atoms with Gasteiger partial charge in [0.05, 0.1) is 15.4 Å². The van der Waals surface area contributed by atoms with Gasteiger partial charge in [0.1, 0.15) is 0 Å². The molecule has 0 bridgehead atoms. The molecule has 0 unspecified atom stereocenters. The van der Waals surface area contributed by atoms with Crippen molar-refractivity contribution < 1.29 is 9.85 Å². The summed E-state index contributed by atoms with van der Waals surface area (Å²) >= 11 is 5.56. The molecule has 1 aromatic rings. The van der Waals surface area contributed by atoms with E-state index in [0.29, 0.717) is 6.20 Å². The van der Waals surface area contributed by atoms with Crippen LogP contribution >= 0.6 is 11.6 Å². The molecule has 0 aliphatic rings. The van der Waals surface area contributed by atoms with Gasteiger partial charge in [-0.05, 0) is 12.1 Å². The van der Waals surface area contributed by atoms with Crippen LogP contribution in [0.15, 0.2) is 24.4 Å². The first-order valence-electron chi connectivity index (χ1n) is 3.76. The van der Waals surface area contributed by atoms with Gasteiger partial charge in [-0.2, -0.15) is 0 Å². The van der Waals surface area contributed by atoms with Crippen molar-refractivity contribution in [3.8, 4) is 0 Å². The van der Waals surface area contributed by atoms with Gasteiger partial charge < -0.3 is 0 Å². The molecule has 0 N–H and O–H groups in total. The highest BCUT2D eigenvalue weighted by Crippen LogP contribution is 2.24. The van der Waals surface area contributed by atoms with Crippen LogP contribution < -0.4 is 0 Å². The van der Waals surface area contributed by atoms with E-state index < -0.39 is 9.85 Å². The number of benzene rings is 1. The molecule has 0 fully saturated rings. The Morgan fingerprint density at radius 1 is 1.27 bits per heavy atom. The zero-order valence-electron chi connectivity index (χ0n) is 7.29. The molecular weight excluding hydrogens is 224 g/mol. The summed E-state index contributed by atoms with van der Waals surface area (Å²) in [6.07, 6.45) is 1.69. The van der Waals surface area contributed by atoms with E-state index in [-0.39, 0.29) is 16.3 Å². The van der Waals surface area contributed by atoms with Gasteiger partial charge in [0.15, 0.2) is 0 Å². The van der Waals surface area contributed by atoms with E-state index in [1.807, 2.05) is 0 Å². The molecule has 0 radical (unpaired) electrons. The number of nitrogens with zero attached hydrogens (tertiary/aromatic N) is 2. The van der Waals surface area contributed by atoms with Crippen molar-refractivity contribution in [3.63, 3.8) is 0 Å². The molecule has 0 heterocycles. The SMILES string of the molecule is O=[N+]([O-])/C=C\c1ccc(Cl)cc1[N+](=O)[O-]. The minimum Gasteiger partial charge on any atom is -0.259 e. The second-order valence-electron chi connectivity index (χ2n) is 2.56. The molecule has 0 saturated heterocycles. The van der Waals surface area contributed by atoms with Crippen molar-refractivity contribution in [2.45, 2.75) is 0 Å². The van der Waals surface area contributed by atoms with E-state index in [4.69, 9.17) is 11.6 Å². The molecule has 0 spiro atoms. The number of hydrogen-bond acceptors (Lipinski definition) is 4. The van der Waals surface area contributed by atoms with Crippen molar-refractivity contribution in [2.75, 3.05) is 0 Å². The van der Waals surface area contributed by atoms with Crippen LogP contribution in [0, 0.1) is 20.2 Å². The Morgan fingerprint density at radius 3 is 2.47 bits per heavy atom. The Morgan fingerprint density at radius 2 is 1.93 bits per heavy atom. The highest BCUT2D eigenvalue weighted by molar-refractivity contribution is 6.30. The van der Waals surface area contributed by atoms with Gasteiger partial charge >= 0.3 is 0 Å². The van der Waals surface area contributed by atoms with Crippen molar-refractivity contribution >= 4 is 23.4 Å². The average molecular weight is 229 g/mol. The van der Waals surface area contributed by atoms with Gasteiger partial charge in [-0.1, -0.05) is 11.6 Å². The molecule has 15 heavy (non-hydrogen) atoms. The third-order valence-corrected chi connectivity index (χ3v) is 1.80. The molecule has 0 aliphatic carbocycles. The smallest absolute Gasteiger partial charge is 0.259 e. The lowest BCUT2D eigenvalue weighted by Gasteiger charge is -1.96. The lowest BCUT2D eigenvalue weighted by molar-refractivity contribution is -0.401. The Kier molecular flexibility index (Phi) is 3.35. The Bertz CT molecular complexity index is 444. The van der Waals surface area contributed by atoms with Gasteiger partial charge in [0, 0.05) is 17.2 Å². The third kappa shape index (κ3) is 3.03. The molecule has 0 saturated carbocycles. The summed E-state index contributed by atoms with van der Waals surface area (Å²) in [4.78, 5) is 19.3. The molecular formula is C8H5ClN2O4. The summed E-state index contributed by atoms with van der Waals surface area (Å²) in [6.45, 7) is 0. The molecule has 0 atom stereocenters. The van der Waals surface area contributed by atoms with Crippen molar-refractivity contribution in [3.05, 3.63) is 55.2 Å². The summed E-state index contributed by atoms with van der Waals surface area (Å²) in [5.74, 6) is 0. The standard InChI is InChI=1S/C8H5ClN2O4/c9-7-2-1-6(3-4-10(12)13)8(5-7)11(14)15/h1-5H/b4-3-. The fraction of sp³-hybridized carbons (Fsp3) is 0. The van der Waals surface area contributed by atoms with Crippen LogP contribution in [-0.4, -0.2) is 9.85 Å². The predicted octanol–water partition coefficient (Wildman–Crippen LogP) is 2.50. The molecule has 0 amide bonds. The third-order valence-electron chi connectivity index (χ3n) is 1.56. The highest BCUT2D eigenvalue weighted by atomic mass is 35.5. The first-order chi connectivity index (χ1) is 7.00. The first kappa shape index (κ1) is 11.1. The predicted molar refractivity (Wildman–Crippen MR) is 54.1 cm³/mol. The lowest BCUT2D eigenvalue weighted by Crippen LogP contribution is -1.92. The molecule has 7 heteroatoms. The van der Waals surface area contributed by atoms with E-state index in [2.05, 4.69) is 0 Å². The molecule has 0 aromatic heterocycles. The average Bonchev–Trinajstić information content (AvgIpc) is 2.15. The fourth-order valence-electron chi connectivity index (χ4n) is 0.957. The number of rotatable bonds is 3. The second kappa shape index (κ2) is 4.52. The van der Waals surface area contributed by atoms with Crippen LogP contribution in [0.1, 0.15) is 5.56 Å². The van der Waals surface area contributed by atoms with E-state index in [1.165, 1.54) is 12.1 Å². The minimum absolute atomic E-state index is 0.140. The topological polar surface area (TPSA) is 86.3 Å². The molecule has 0 aliphatic heterocycles. The van der Waals surface area contributed by atoms with Crippen molar-refractivity contribution in [2.24, 2.45) is 0 Å². The minimum atomic E-state index is -0.696. The van der Waals surface area contributed by atoms with Gasteiger partial charge in [0.2, 0.25) is 6.20 Å². The normalized spacial score (nSPS) is 10.5.